The van der Waals surface area contributed by atoms with E-state index in [1.54, 1.807) is 0 Å². The minimum atomic E-state index is 0.585. The molecule has 0 amide bonds. The van der Waals surface area contributed by atoms with Gasteiger partial charge >= 0.3 is 0 Å². The highest BCUT2D eigenvalue weighted by Crippen LogP contribution is 2.69. The predicted molar refractivity (Wildman–Crippen MR) is 61.7 cm³/mol. The second-order valence-electron chi connectivity index (χ2n) is 6.82. The van der Waals surface area contributed by atoms with Crippen LogP contribution in [0, 0.1) is 22.7 Å². The molecule has 15 heavy (non-hydrogen) atoms. The van der Waals surface area contributed by atoms with Crippen LogP contribution in [0.15, 0.2) is 0 Å². The molecule has 4 atom stereocenters. The molecule has 1 aliphatic heterocycles. The van der Waals surface area contributed by atoms with Crippen molar-refractivity contribution in [3.63, 3.8) is 0 Å². The van der Waals surface area contributed by atoms with Crippen LogP contribution in [0.3, 0.4) is 0 Å². The van der Waals surface area contributed by atoms with Crippen molar-refractivity contribution in [3.05, 3.63) is 0 Å². The van der Waals surface area contributed by atoms with Crippen LogP contribution in [0.1, 0.15) is 52.9 Å². The lowest BCUT2D eigenvalue weighted by Gasteiger charge is -2.41. The molecule has 86 valence electrons. The lowest BCUT2D eigenvalue weighted by atomic mass is 9.65. The second-order valence-corrected chi connectivity index (χ2v) is 6.82. The Morgan fingerprint density at radius 1 is 1.20 bits per heavy atom. The zero-order valence-electron chi connectivity index (χ0n) is 10.4. The summed E-state index contributed by atoms with van der Waals surface area (Å²) in [5.74, 6) is 1.93. The standard InChI is InChI=1S/C14H24O/c1-13(2)10-4-6-14(13,3)11(8-10)9-12-5-7-15-12/h10-12H,4-9H2,1-3H3/t10-,11?,12?,14-/m1/s1. The Labute approximate surface area is 93.6 Å². The minimum absolute atomic E-state index is 0.585. The SMILES string of the molecule is CC1(C)[C@@H]2CC[C@]1(C)C(CC1CCO1)C2. The Morgan fingerprint density at radius 3 is 2.33 bits per heavy atom. The average molecular weight is 208 g/mol. The van der Waals surface area contributed by atoms with Gasteiger partial charge in [0, 0.05) is 6.61 Å². The third-order valence-electron chi connectivity index (χ3n) is 6.32. The molecule has 2 saturated carbocycles. The van der Waals surface area contributed by atoms with Crippen LogP contribution in [-0.2, 0) is 4.74 Å². The van der Waals surface area contributed by atoms with Gasteiger partial charge in [-0.25, -0.2) is 0 Å². The van der Waals surface area contributed by atoms with E-state index in [4.69, 9.17) is 4.74 Å². The van der Waals surface area contributed by atoms with E-state index in [1.165, 1.54) is 32.1 Å². The zero-order chi connectivity index (χ0) is 10.7. The lowest BCUT2D eigenvalue weighted by Crippen LogP contribution is -2.37. The average Bonchev–Trinajstić information content (AvgIpc) is 2.43. The van der Waals surface area contributed by atoms with Crippen LogP contribution < -0.4 is 0 Å². The summed E-state index contributed by atoms with van der Waals surface area (Å²) in [4.78, 5) is 0. The third-order valence-corrected chi connectivity index (χ3v) is 6.32. The Balaban J connectivity index is 1.76. The van der Waals surface area contributed by atoms with E-state index in [2.05, 4.69) is 20.8 Å². The van der Waals surface area contributed by atoms with Gasteiger partial charge < -0.3 is 4.74 Å². The van der Waals surface area contributed by atoms with E-state index in [-0.39, 0.29) is 0 Å². The monoisotopic (exact) mass is 208 g/mol. The first-order chi connectivity index (χ1) is 7.04. The molecule has 3 fully saturated rings. The molecule has 0 aromatic carbocycles. The Hall–Kier alpha value is -0.0400. The molecule has 2 bridgehead atoms. The van der Waals surface area contributed by atoms with Gasteiger partial charge in [-0.1, -0.05) is 20.8 Å². The molecule has 2 unspecified atom stereocenters. The summed E-state index contributed by atoms with van der Waals surface area (Å²) in [5, 5.41) is 0. The van der Waals surface area contributed by atoms with Crippen molar-refractivity contribution in [1.29, 1.82) is 0 Å². The lowest BCUT2D eigenvalue weighted by molar-refractivity contribution is -0.0752. The third kappa shape index (κ3) is 1.19. The van der Waals surface area contributed by atoms with Gasteiger partial charge in [-0.05, 0) is 54.8 Å². The topological polar surface area (TPSA) is 9.23 Å². The Kier molecular flexibility index (Phi) is 2.03. The van der Waals surface area contributed by atoms with Crippen LogP contribution in [0.4, 0.5) is 0 Å². The molecule has 0 aromatic heterocycles. The fourth-order valence-electron chi connectivity index (χ4n) is 4.51. The van der Waals surface area contributed by atoms with Crippen LogP contribution >= 0.6 is 0 Å². The van der Waals surface area contributed by atoms with Crippen LogP contribution in [-0.4, -0.2) is 12.7 Å². The van der Waals surface area contributed by atoms with Gasteiger partial charge in [-0.3, -0.25) is 0 Å². The number of ether oxygens (including phenoxy) is 1. The smallest absolute Gasteiger partial charge is 0.0600 e. The largest absolute Gasteiger partial charge is 0.378 e. The van der Waals surface area contributed by atoms with Crippen LogP contribution in [0.25, 0.3) is 0 Å². The molecule has 0 N–H and O–H groups in total. The van der Waals surface area contributed by atoms with Crippen molar-refractivity contribution in [2.75, 3.05) is 6.61 Å². The Bertz CT molecular complexity index is 267. The maximum atomic E-state index is 5.61. The maximum Gasteiger partial charge on any atom is 0.0600 e. The van der Waals surface area contributed by atoms with E-state index in [0.29, 0.717) is 16.9 Å². The second kappa shape index (κ2) is 3.00. The van der Waals surface area contributed by atoms with E-state index in [1.807, 2.05) is 0 Å². The van der Waals surface area contributed by atoms with Gasteiger partial charge in [-0.2, -0.15) is 0 Å². The minimum Gasteiger partial charge on any atom is -0.378 e. The van der Waals surface area contributed by atoms with Crippen molar-refractivity contribution in [2.24, 2.45) is 22.7 Å². The predicted octanol–water partition coefficient (Wildman–Crippen LogP) is 3.63. The van der Waals surface area contributed by atoms with Crippen molar-refractivity contribution < 1.29 is 4.74 Å². The van der Waals surface area contributed by atoms with E-state index in [0.717, 1.165) is 18.4 Å². The van der Waals surface area contributed by atoms with Gasteiger partial charge in [0.25, 0.3) is 0 Å². The van der Waals surface area contributed by atoms with E-state index >= 15 is 0 Å². The molecule has 0 spiro atoms. The molecular weight excluding hydrogens is 184 g/mol. The van der Waals surface area contributed by atoms with Crippen molar-refractivity contribution in [2.45, 2.75) is 59.0 Å². The molecule has 3 rings (SSSR count). The van der Waals surface area contributed by atoms with Crippen molar-refractivity contribution in [3.8, 4) is 0 Å². The highest BCUT2D eigenvalue weighted by Gasteiger charge is 2.61. The fraction of sp³-hybridized carbons (Fsp3) is 1.00. The number of rotatable bonds is 2. The highest BCUT2D eigenvalue weighted by atomic mass is 16.5. The Morgan fingerprint density at radius 2 is 1.93 bits per heavy atom. The molecule has 2 aliphatic carbocycles. The highest BCUT2D eigenvalue weighted by molar-refractivity contribution is 5.10. The first-order valence-corrected chi connectivity index (χ1v) is 6.65. The summed E-state index contributed by atoms with van der Waals surface area (Å²) in [6.07, 6.45) is 7.69. The van der Waals surface area contributed by atoms with Gasteiger partial charge in [-0.15, -0.1) is 0 Å². The summed E-state index contributed by atoms with van der Waals surface area (Å²) >= 11 is 0. The van der Waals surface area contributed by atoms with Crippen LogP contribution in [0.2, 0.25) is 0 Å². The number of hydrogen-bond donors (Lipinski definition) is 0. The summed E-state index contributed by atoms with van der Waals surface area (Å²) < 4.78 is 5.61. The summed E-state index contributed by atoms with van der Waals surface area (Å²) in [6, 6.07) is 0. The molecule has 1 heterocycles. The normalized spacial score (nSPS) is 51.8. The summed E-state index contributed by atoms with van der Waals surface area (Å²) in [6.45, 7) is 8.57. The maximum absolute atomic E-state index is 5.61. The molecule has 0 aromatic rings. The summed E-state index contributed by atoms with van der Waals surface area (Å²) in [5.41, 5.74) is 1.19. The number of hydrogen-bond acceptors (Lipinski definition) is 1. The van der Waals surface area contributed by atoms with E-state index in [9.17, 15) is 0 Å². The first kappa shape index (κ1) is 10.1. The summed E-state index contributed by atoms with van der Waals surface area (Å²) in [7, 11) is 0. The fourth-order valence-corrected chi connectivity index (χ4v) is 4.51. The van der Waals surface area contributed by atoms with Gasteiger partial charge in [0.05, 0.1) is 6.10 Å². The molecule has 1 saturated heterocycles. The molecule has 3 aliphatic rings. The molecule has 1 nitrogen and oxygen atoms in total. The molecule has 1 heteroatoms. The van der Waals surface area contributed by atoms with Gasteiger partial charge in [0.1, 0.15) is 0 Å². The van der Waals surface area contributed by atoms with Gasteiger partial charge in [0.2, 0.25) is 0 Å². The van der Waals surface area contributed by atoms with E-state index < -0.39 is 0 Å². The van der Waals surface area contributed by atoms with Gasteiger partial charge in [0.15, 0.2) is 0 Å². The molecule has 0 radical (unpaired) electrons. The van der Waals surface area contributed by atoms with Crippen LogP contribution in [0.5, 0.6) is 0 Å². The number of fused-ring (bicyclic) bond motifs is 2. The quantitative estimate of drug-likeness (QED) is 0.673. The first-order valence-electron chi connectivity index (χ1n) is 6.65. The zero-order valence-corrected chi connectivity index (χ0v) is 10.4. The molecular formula is C14H24O. The van der Waals surface area contributed by atoms with Crippen molar-refractivity contribution in [1.82, 2.24) is 0 Å². The van der Waals surface area contributed by atoms with Crippen molar-refractivity contribution >= 4 is 0 Å².